The second-order valence-electron chi connectivity index (χ2n) is 7.27. The van der Waals surface area contributed by atoms with Gasteiger partial charge in [-0.1, -0.05) is 0 Å². The summed E-state index contributed by atoms with van der Waals surface area (Å²) >= 11 is 0. The highest BCUT2D eigenvalue weighted by molar-refractivity contribution is 7.89. The maximum atomic E-state index is 12.6. The van der Waals surface area contributed by atoms with Crippen LogP contribution >= 0.6 is 0 Å². The van der Waals surface area contributed by atoms with Gasteiger partial charge in [-0.3, -0.25) is 19.8 Å². The first-order valence-electron chi connectivity index (χ1n) is 9.99. The Hall–Kier alpha value is -2.28. The average Bonchev–Trinajstić information content (AvgIpc) is 2.93. The number of hydrogen-bond donors (Lipinski definition) is 3. The zero-order chi connectivity index (χ0) is 21.6. The molecule has 0 saturated carbocycles. The molecule has 2 heterocycles. The Morgan fingerprint density at radius 2 is 2.03 bits per heavy atom. The van der Waals surface area contributed by atoms with E-state index in [1.807, 2.05) is 0 Å². The van der Waals surface area contributed by atoms with Gasteiger partial charge in [0.2, 0.25) is 15.9 Å². The first-order valence-corrected chi connectivity index (χ1v) is 11.5. The quantitative estimate of drug-likeness (QED) is 0.386. The van der Waals surface area contributed by atoms with Crippen molar-refractivity contribution in [3.63, 3.8) is 0 Å². The van der Waals surface area contributed by atoms with Gasteiger partial charge in [0.15, 0.2) is 0 Å². The highest BCUT2D eigenvalue weighted by Gasteiger charge is 2.26. The van der Waals surface area contributed by atoms with Crippen LogP contribution in [0.25, 0.3) is 0 Å². The molecule has 0 spiro atoms. The van der Waals surface area contributed by atoms with Crippen molar-refractivity contribution in [1.82, 2.24) is 14.9 Å². The van der Waals surface area contributed by atoms with Crippen LogP contribution in [-0.2, 0) is 19.6 Å². The van der Waals surface area contributed by atoms with E-state index in [1.165, 1.54) is 12.1 Å². The number of benzene rings is 1. The standard InChI is InChI=1S/C18H27N5O6S/c24-18-16(3-1-2-6-19-18)21-15-5-4-14(13-17(15)23(25)26)30(27,28)20-7-8-22-9-11-29-12-10-22/h4-5,13,16,20-21H,1-3,6-12H2,(H,19,24). The molecule has 1 aromatic carbocycles. The van der Waals surface area contributed by atoms with Gasteiger partial charge in [0.05, 0.1) is 23.0 Å². The molecular weight excluding hydrogens is 414 g/mol. The van der Waals surface area contributed by atoms with Gasteiger partial charge < -0.3 is 15.4 Å². The van der Waals surface area contributed by atoms with Crippen LogP contribution in [0.1, 0.15) is 19.3 Å². The first-order chi connectivity index (χ1) is 14.4. The Morgan fingerprint density at radius 1 is 1.27 bits per heavy atom. The Labute approximate surface area is 175 Å². The lowest BCUT2D eigenvalue weighted by molar-refractivity contribution is -0.384. The molecule has 30 heavy (non-hydrogen) atoms. The number of sulfonamides is 1. The summed E-state index contributed by atoms with van der Waals surface area (Å²) in [7, 11) is -3.90. The minimum atomic E-state index is -3.90. The van der Waals surface area contributed by atoms with Gasteiger partial charge in [0.25, 0.3) is 5.69 Å². The molecule has 2 saturated heterocycles. The van der Waals surface area contributed by atoms with Crippen LogP contribution in [0, 0.1) is 10.1 Å². The fourth-order valence-corrected chi connectivity index (χ4v) is 4.50. The van der Waals surface area contributed by atoms with E-state index in [9.17, 15) is 23.3 Å². The van der Waals surface area contributed by atoms with E-state index >= 15 is 0 Å². The second-order valence-corrected chi connectivity index (χ2v) is 9.04. The topological polar surface area (TPSA) is 143 Å². The number of carbonyl (C=O) groups excluding carboxylic acids is 1. The van der Waals surface area contributed by atoms with Gasteiger partial charge >= 0.3 is 0 Å². The van der Waals surface area contributed by atoms with E-state index in [0.717, 1.165) is 32.0 Å². The Bertz CT molecular complexity index is 872. The fourth-order valence-electron chi connectivity index (χ4n) is 3.46. The van der Waals surface area contributed by atoms with Crippen molar-refractivity contribution in [3.8, 4) is 0 Å². The molecule has 2 aliphatic rings. The highest BCUT2D eigenvalue weighted by atomic mass is 32.2. The molecule has 11 nitrogen and oxygen atoms in total. The third kappa shape index (κ3) is 5.88. The maximum Gasteiger partial charge on any atom is 0.293 e. The Balaban J connectivity index is 1.69. The predicted octanol–water partition coefficient (Wildman–Crippen LogP) is 0.286. The van der Waals surface area contributed by atoms with E-state index in [2.05, 4.69) is 20.3 Å². The van der Waals surface area contributed by atoms with Gasteiger partial charge in [-0.05, 0) is 31.4 Å². The molecule has 0 radical (unpaired) electrons. The molecule has 166 valence electrons. The molecular formula is C18H27N5O6S. The zero-order valence-corrected chi connectivity index (χ0v) is 17.4. The van der Waals surface area contributed by atoms with Crippen molar-refractivity contribution in [3.05, 3.63) is 28.3 Å². The molecule has 12 heteroatoms. The number of anilines is 1. The average molecular weight is 442 g/mol. The van der Waals surface area contributed by atoms with E-state index in [-0.39, 0.29) is 28.7 Å². The number of amides is 1. The van der Waals surface area contributed by atoms with E-state index < -0.39 is 21.0 Å². The van der Waals surface area contributed by atoms with Gasteiger partial charge in [0, 0.05) is 38.8 Å². The Kier molecular flexibility index (Phi) is 7.58. The molecule has 2 aliphatic heterocycles. The molecule has 0 bridgehead atoms. The van der Waals surface area contributed by atoms with Crippen LogP contribution in [0.3, 0.4) is 0 Å². The smallest absolute Gasteiger partial charge is 0.293 e. The van der Waals surface area contributed by atoms with Crippen molar-refractivity contribution < 1.29 is 22.9 Å². The van der Waals surface area contributed by atoms with Gasteiger partial charge in [-0.25, -0.2) is 13.1 Å². The summed E-state index contributed by atoms with van der Waals surface area (Å²) in [5.74, 6) is -0.219. The minimum absolute atomic E-state index is 0.120. The summed E-state index contributed by atoms with van der Waals surface area (Å²) in [4.78, 5) is 24.9. The monoisotopic (exact) mass is 441 g/mol. The van der Waals surface area contributed by atoms with Gasteiger partial charge in [0.1, 0.15) is 11.7 Å². The van der Waals surface area contributed by atoms with Crippen LogP contribution in [0.2, 0.25) is 0 Å². The SMILES string of the molecule is O=C1NCCCCC1Nc1ccc(S(=O)(=O)NCCN2CCOCC2)cc1[N+](=O)[O-]. The van der Waals surface area contributed by atoms with Gasteiger partial charge in [-0.2, -0.15) is 0 Å². The number of nitro groups is 1. The lowest BCUT2D eigenvalue weighted by atomic mass is 10.1. The third-order valence-electron chi connectivity index (χ3n) is 5.17. The zero-order valence-electron chi connectivity index (χ0n) is 16.6. The van der Waals surface area contributed by atoms with Crippen LogP contribution < -0.4 is 15.4 Å². The number of nitro benzene ring substituents is 1. The van der Waals surface area contributed by atoms with E-state index in [4.69, 9.17) is 4.74 Å². The van der Waals surface area contributed by atoms with Crippen molar-refractivity contribution >= 4 is 27.3 Å². The van der Waals surface area contributed by atoms with E-state index in [1.54, 1.807) is 0 Å². The van der Waals surface area contributed by atoms with Crippen molar-refractivity contribution in [2.45, 2.75) is 30.2 Å². The molecule has 0 aromatic heterocycles. The maximum absolute atomic E-state index is 12.6. The lowest BCUT2D eigenvalue weighted by Crippen LogP contribution is -2.41. The van der Waals surface area contributed by atoms with Crippen molar-refractivity contribution in [1.29, 1.82) is 0 Å². The summed E-state index contributed by atoms with van der Waals surface area (Å²) in [5.41, 5.74) is -0.266. The number of rotatable bonds is 8. The van der Waals surface area contributed by atoms with Crippen LogP contribution in [0.4, 0.5) is 11.4 Å². The van der Waals surface area contributed by atoms with Crippen LogP contribution in [0.15, 0.2) is 23.1 Å². The van der Waals surface area contributed by atoms with E-state index in [0.29, 0.717) is 32.7 Å². The number of morpholine rings is 1. The highest BCUT2D eigenvalue weighted by Crippen LogP contribution is 2.29. The number of nitrogens with one attached hydrogen (secondary N) is 3. The third-order valence-corrected chi connectivity index (χ3v) is 6.62. The fraction of sp³-hybridized carbons (Fsp3) is 0.611. The molecule has 1 atom stereocenters. The van der Waals surface area contributed by atoms with Crippen LogP contribution in [0.5, 0.6) is 0 Å². The summed E-state index contributed by atoms with van der Waals surface area (Å²) in [6.07, 6.45) is 2.20. The molecule has 0 aliphatic carbocycles. The summed E-state index contributed by atoms with van der Waals surface area (Å²) < 4.78 is 32.9. The molecule has 2 fully saturated rings. The Morgan fingerprint density at radius 3 is 2.77 bits per heavy atom. The summed E-state index contributed by atoms with van der Waals surface area (Å²) in [5, 5.41) is 17.2. The number of ether oxygens (including phenoxy) is 1. The second kappa shape index (κ2) is 10.2. The molecule has 1 aromatic rings. The number of hydrogen-bond acceptors (Lipinski definition) is 8. The number of carbonyl (C=O) groups is 1. The molecule has 1 amide bonds. The molecule has 3 rings (SSSR count). The van der Waals surface area contributed by atoms with Crippen LogP contribution in [-0.4, -0.2) is 76.1 Å². The van der Waals surface area contributed by atoms with Crippen molar-refractivity contribution in [2.24, 2.45) is 0 Å². The predicted molar refractivity (Wildman–Crippen MR) is 110 cm³/mol. The summed E-state index contributed by atoms with van der Waals surface area (Å²) in [6, 6.07) is 3.07. The lowest BCUT2D eigenvalue weighted by Gasteiger charge is -2.26. The molecule has 3 N–H and O–H groups in total. The van der Waals surface area contributed by atoms with Crippen molar-refractivity contribution in [2.75, 3.05) is 51.3 Å². The molecule has 1 unspecified atom stereocenters. The first kappa shape index (κ1) is 22.4. The number of nitrogens with zero attached hydrogens (tertiary/aromatic N) is 2. The van der Waals surface area contributed by atoms with Gasteiger partial charge in [-0.15, -0.1) is 0 Å². The normalized spacial score (nSPS) is 20.9. The summed E-state index contributed by atoms with van der Waals surface area (Å²) in [6.45, 7) is 4.01. The minimum Gasteiger partial charge on any atom is -0.379 e. The largest absolute Gasteiger partial charge is 0.379 e.